The zero-order chi connectivity index (χ0) is 13.0. The van der Waals surface area contributed by atoms with E-state index >= 15 is 0 Å². The van der Waals surface area contributed by atoms with Crippen LogP contribution in [0, 0.1) is 0 Å². The maximum absolute atomic E-state index is 10.6. The quantitative estimate of drug-likeness (QED) is 0.870. The van der Waals surface area contributed by atoms with Crippen molar-refractivity contribution in [3.8, 4) is 11.6 Å². The van der Waals surface area contributed by atoms with Gasteiger partial charge in [0.25, 0.3) is 0 Å². The minimum atomic E-state index is -0.868. The highest BCUT2D eigenvalue weighted by Gasteiger charge is 2.06. The molecule has 94 valence electrons. The summed E-state index contributed by atoms with van der Waals surface area (Å²) in [5, 5.41) is 16.3. The minimum Gasteiger partial charge on any atom is -0.481 e. The Hall–Kier alpha value is -2.37. The van der Waals surface area contributed by atoms with E-state index in [2.05, 4.69) is 10.3 Å². The highest BCUT2D eigenvalue weighted by molar-refractivity contribution is 5.70. The van der Waals surface area contributed by atoms with Gasteiger partial charge < -0.3 is 9.84 Å². The first-order chi connectivity index (χ1) is 8.69. The number of carboxylic acids is 1. The highest BCUT2D eigenvalue weighted by atomic mass is 16.5. The summed E-state index contributed by atoms with van der Waals surface area (Å²) in [6, 6.07) is 6.96. The van der Waals surface area contributed by atoms with Gasteiger partial charge in [-0.3, -0.25) is 4.79 Å². The van der Waals surface area contributed by atoms with E-state index in [1.165, 1.54) is 6.20 Å². The maximum Gasteiger partial charge on any atom is 0.307 e. The molecule has 0 saturated heterocycles. The van der Waals surface area contributed by atoms with Crippen molar-refractivity contribution in [2.45, 2.75) is 19.9 Å². The molecule has 0 fully saturated rings. The number of aryl methyl sites for hydroxylation is 1. The van der Waals surface area contributed by atoms with Gasteiger partial charge >= 0.3 is 5.97 Å². The van der Waals surface area contributed by atoms with E-state index < -0.39 is 5.97 Å². The summed E-state index contributed by atoms with van der Waals surface area (Å²) in [6.07, 6.45) is 1.50. The van der Waals surface area contributed by atoms with E-state index in [9.17, 15) is 4.79 Å². The van der Waals surface area contributed by atoms with E-state index in [1.54, 1.807) is 28.9 Å². The summed E-state index contributed by atoms with van der Waals surface area (Å²) < 4.78 is 7.22. The van der Waals surface area contributed by atoms with E-state index in [0.29, 0.717) is 23.7 Å². The standard InChI is InChI=1S/C12H13N3O3/c1-2-15-11(8-13-14-15)18-10-5-3-4-9(6-10)7-12(16)17/h3-6,8H,2,7H2,1H3,(H,16,17). The average Bonchev–Trinajstić information content (AvgIpc) is 2.76. The van der Waals surface area contributed by atoms with Crippen LogP contribution in [0.5, 0.6) is 11.6 Å². The normalized spacial score (nSPS) is 10.3. The predicted octanol–water partition coefficient (Wildman–Crippen LogP) is 1.72. The van der Waals surface area contributed by atoms with Crippen LogP contribution >= 0.6 is 0 Å². The number of nitrogens with zero attached hydrogens (tertiary/aromatic N) is 3. The molecule has 6 nitrogen and oxygen atoms in total. The summed E-state index contributed by atoms with van der Waals surface area (Å²) in [5.74, 6) is 0.239. The molecule has 6 heteroatoms. The molecule has 1 aromatic heterocycles. The van der Waals surface area contributed by atoms with Gasteiger partial charge in [-0.25, -0.2) is 4.68 Å². The Morgan fingerprint density at radius 3 is 3.06 bits per heavy atom. The Bertz CT molecular complexity index is 551. The van der Waals surface area contributed by atoms with Crippen LogP contribution in [0.3, 0.4) is 0 Å². The SMILES string of the molecule is CCn1nncc1Oc1cccc(CC(=O)O)c1. The summed E-state index contributed by atoms with van der Waals surface area (Å²) in [5.41, 5.74) is 0.690. The second kappa shape index (κ2) is 5.31. The van der Waals surface area contributed by atoms with Gasteiger partial charge in [0, 0.05) is 6.54 Å². The van der Waals surface area contributed by atoms with Crippen LogP contribution in [-0.4, -0.2) is 26.1 Å². The highest BCUT2D eigenvalue weighted by Crippen LogP contribution is 2.21. The van der Waals surface area contributed by atoms with Gasteiger partial charge in [0.05, 0.1) is 6.42 Å². The van der Waals surface area contributed by atoms with Crippen molar-refractivity contribution in [3.63, 3.8) is 0 Å². The molecule has 0 aliphatic carbocycles. The maximum atomic E-state index is 10.6. The number of benzene rings is 1. The lowest BCUT2D eigenvalue weighted by atomic mass is 10.1. The van der Waals surface area contributed by atoms with Crippen LogP contribution in [0.15, 0.2) is 30.5 Å². The van der Waals surface area contributed by atoms with Crippen LogP contribution in [0.4, 0.5) is 0 Å². The predicted molar refractivity (Wildman–Crippen MR) is 63.6 cm³/mol. The molecular weight excluding hydrogens is 234 g/mol. The lowest BCUT2D eigenvalue weighted by Gasteiger charge is -2.07. The average molecular weight is 247 g/mol. The third-order valence-corrected chi connectivity index (χ3v) is 2.36. The van der Waals surface area contributed by atoms with Crippen molar-refractivity contribution in [2.24, 2.45) is 0 Å². The summed E-state index contributed by atoms with van der Waals surface area (Å²) in [4.78, 5) is 10.6. The van der Waals surface area contributed by atoms with Crippen molar-refractivity contribution >= 4 is 5.97 Å². The second-order valence-electron chi connectivity index (χ2n) is 3.71. The van der Waals surface area contributed by atoms with Crippen molar-refractivity contribution in [1.29, 1.82) is 0 Å². The molecule has 0 aliphatic rings. The van der Waals surface area contributed by atoms with Gasteiger partial charge in [-0.15, -0.1) is 5.10 Å². The first-order valence-electron chi connectivity index (χ1n) is 5.56. The Balaban J connectivity index is 2.16. The van der Waals surface area contributed by atoms with Gasteiger partial charge in [-0.05, 0) is 24.6 Å². The lowest BCUT2D eigenvalue weighted by Crippen LogP contribution is -2.01. The fourth-order valence-electron chi connectivity index (χ4n) is 1.56. The first kappa shape index (κ1) is 12.1. The molecule has 0 atom stereocenters. The third kappa shape index (κ3) is 2.85. The molecule has 1 N–H and O–H groups in total. The number of aliphatic carboxylic acids is 1. The Morgan fingerprint density at radius 2 is 2.33 bits per heavy atom. The van der Waals surface area contributed by atoms with Crippen molar-refractivity contribution in [1.82, 2.24) is 15.0 Å². The van der Waals surface area contributed by atoms with E-state index in [4.69, 9.17) is 9.84 Å². The summed E-state index contributed by atoms with van der Waals surface area (Å²) in [7, 11) is 0. The summed E-state index contributed by atoms with van der Waals surface area (Å²) >= 11 is 0. The molecule has 18 heavy (non-hydrogen) atoms. The molecule has 0 amide bonds. The Labute approximate surface area is 104 Å². The number of hydrogen-bond donors (Lipinski definition) is 1. The number of ether oxygens (including phenoxy) is 1. The fraction of sp³-hybridized carbons (Fsp3) is 0.250. The van der Waals surface area contributed by atoms with E-state index in [-0.39, 0.29) is 6.42 Å². The zero-order valence-electron chi connectivity index (χ0n) is 9.91. The minimum absolute atomic E-state index is 0.0253. The number of hydrogen-bond acceptors (Lipinski definition) is 4. The summed E-state index contributed by atoms with van der Waals surface area (Å²) in [6.45, 7) is 2.59. The van der Waals surface area contributed by atoms with Crippen molar-refractivity contribution in [3.05, 3.63) is 36.0 Å². The number of carboxylic acid groups (broad SMARTS) is 1. The largest absolute Gasteiger partial charge is 0.481 e. The Morgan fingerprint density at radius 1 is 1.50 bits per heavy atom. The van der Waals surface area contributed by atoms with E-state index in [0.717, 1.165) is 0 Å². The van der Waals surface area contributed by atoms with Crippen molar-refractivity contribution in [2.75, 3.05) is 0 Å². The molecule has 0 aliphatic heterocycles. The van der Waals surface area contributed by atoms with Crippen molar-refractivity contribution < 1.29 is 14.6 Å². The monoisotopic (exact) mass is 247 g/mol. The van der Waals surface area contributed by atoms with Crippen LogP contribution in [-0.2, 0) is 17.8 Å². The molecule has 2 aromatic rings. The topological polar surface area (TPSA) is 77.2 Å². The van der Waals surface area contributed by atoms with Gasteiger partial charge in [0.2, 0.25) is 5.88 Å². The number of carbonyl (C=O) groups is 1. The van der Waals surface area contributed by atoms with Crippen LogP contribution < -0.4 is 4.74 Å². The lowest BCUT2D eigenvalue weighted by molar-refractivity contribution is -0.136. The number of rotatable bonds is 5. The molecule has 2 rings (SSSR count). The van der Waals surface area contributed by atoms with Crippen LogP contribution in [0.25, 0.3) is 0 Å². The molecular formula is C12H13N3O3. The van der Waals surface area contributed by atoms with Gasteiger partial charge in [-0.2, -0.15) is 0 Å². The van der Waals surface area contributed by atoms with Gasteiger partial charge in [0.1, 0.15) is 11.9 Å². The fourth-order valence-corrected chi connectivity index (χ4v) is 1.56. The van der Waals surface area contributed by atoms with Gasteiger partial charge in [-0.1, -0.05) is 17.3 Å². The molecule has 0 bridgehead atoms. The molecule has 0 spiro atoms. The molecule has 0 saturated carbocycles. The molecule has 0 radical (unpaired) electrons. The second-order valence-corrected chi connectivity index (χ2v) is 3.71. The van der Waals surface area contributed by atoms with E-state index in [1.807, 2.05) is 6.92 Å². The molecule has 1 heterocycles. The van der Waals surface area contributed by atoms with Crippen LogP contribution in [0.1, 0.15) is 12.5 Å². The first-order valence-corrected chi connectivity index (χ1v) is 5.56. The third-order valence-electron chi connectivity index (χ3n) is 2.36. The van der Waals surface area contributed by atoms with Crippen LogP contribution in [0.2, 0.25) is 0 Å². The zero-order valence-corrected chi connectivity index (χ0v) is 9.91. The Kier molecular flexibility index (Phi) is 3.57. The number of aromatic nitrogens is 3. The smallest absolute Gasteiger partial charge is 0.307 e. The van der Waals surface area contributed by atoms with Gasteiger partial charge in [0.15, 0.2) is 0 Å². The molecule has 1 aromatic carbocycles. The molecule has 0 unspecified atom stereocenters.